The predicted molar refractivity (Wildman–Crippen MR) is 108 cm³/mol. The van der Waals surface area contributed by atoms with Crippen molar-refractivity contribution in [1.29, 1.82) is 0 Å². The fraction of sp³-hybridized carbons (Fsp3) is 0.429. The standard InChI is InChI=1S/C21H25N5O2/c1-13(2)12-25-21(28)17-7-5-4-6-16(17)19(24-25)20(27)23-18-10-11-22-26(18)14(3)15-8-9-15/h4-7,10-11,13-15H,8-9,12H2,1-3H3,(H,23,27). The maximum atomic E-state index is 13.1. The van der Waals surface area contributed by atoms with Crippen LogP contribution in [0.2, 0.25) is 0 Å². The third kappa shape index (κ3) is 3.44. The van der Waals surface area contributed by atoms with Crippen LogP contribution in [0.15, 0.2) is 41.3 Å². The van der Waals surface area contributed by atoms with Crippen LogP contribution in [-0.4, -0.2) is 25.5 Å². The van der Waals surface area contributed by atoms with Crippen LogP contribution in [-0.2, 0) is 6.54 Å². The lowest BCUT2D eigenvalue weighted by Crippen LogP contribution is -2.29. The van der Waals surface area contributed by atoms with E-state index in [0.29, 0.717) is 29.1 Å². The molecule has 28 heavy (non-hydrogen) atoms. The molecule has 1 amide bonds. The van der Waals surface area contributed by atoms with Crippen LogP contribution in [0.5, 0.6) is 0 Å². The molecule has 4 rings (SSSR count). The Balaban J connectivity index is 1.72. The summed E-state index contributed by atoms with van der Waals surface area (Å²) in [5.74, 6) is 1.17. The summed E-state index contributed by atoms with van der Waals surface area (Å²) >= 11 is 0. The van der Waals surface area contributed by atoms with Gasteiger partial charge >= 0.3 is 0 Å². The number of nitrogens with one attached hydrogen (secondary N) is 1. The second-order valence-electron chi connectivity index (χ2n) is 7.97. The normalized spacial score (nSPS) is 15.1. The van der Waals surface area contributed by atoms with Crippen LogP contribution in [0.25, 0.3) is 10.8 Å². The van der Waals surface area contributed by atoms with Crippen molar-refractivity contribution in [2.45, 2.75) is 46.2 Å². The Kier molecular flexibility index (Phi) is 4.75. The topological polar surface area (TPSA) is 81.8 Å². The first-order chi connectivity index (χ1) is 13.5. The van der Waals surface area contributed by atoms with E-state index in [0.717, 1.165) is 0 Å². The summed E-state index contributed by atoms with van der Waals surface area (Å²) in [4.78, 5) is 25.8. The number of benzene rings is 1. The Labute approximate surface area is 163 Å². The fourth-order valence-corrected chi connectivity index (χ4v) is 3.56. The van der Waals surface area contributed by atoms with Gasteiger partial charge in [0, 0.05) is 18.0 Å². The van der Waals surface area contributed by atoms with E-state index in [1.54, 1.807) is 30.5 Å². The lowest BCUT2D eigenvalue weighted by molar-refractivity contribution is 0.102. The number of hydrogen-bond acceptors (Lipinski definition) is 4. The number of carbonyl (C=O) groups is 1. The van der Waals surface area contributed by atoms with E-state index in [1.165, 1.54) is 17.5 Å². The molecule has 146 valence electrons. The molecule has 0 aliphatic heterocycles. The molecule has 1 aliphatic rings. The molecule has 1 aromatic carbocycles. The molecule has 0 radical (unpaired) electrons. The van der Waals surface area contributed by atoms with Gasteiger partial charge in [-0.1, -0.05) is 32.0 Å². The highest BCUT2D eigenvalue weighted by Gasteiger charge is 2.31. The third-order valence-electron chi connectivity index (χ3n) is 5.22. The lowest BCUT2D eigenvalue weighted by Gasteiger charge is -2.16. The average Bonchev–Trinajstić information content (AvgIpc) is 3.42. The zero-order valence-corrected chi connectivity index (χ0v) is 16.4. The van der Waals surface area contributed by atoms with Crippen molar-refractivity contribution >= 4 is 22.5 Å². The molecule has 1 saturated carbocycles. The number of fused-ring (bicyclic) bond motifs is 1. The van der Waals surface area contributed by atoms with Gasteiger partial charge in [-0.3, -0.25) is 9.59 Å². The van der Waals surface area contributed by atoms with Gasteiger partial charge in [-0.15, -0.1) is 0 Å². The SMILES string of the molecule is CC(C)Cn1nc(C(=O)Nc2ccnn2C(C)C2CC2)c2ccccc2c1=O. The molecule has 7 heteroatoms. The molecular formula is C21H25N5O2. The fourth-order valence-electron chi connectivity index (χ4n) is 3.56. The van der Waals surface area contributed by atoms with Gasteiger partial charge in [0.25, 0.3) is 11.5 Å². The second-order valence-corrected chi connectivity index (χ2v) is 7.97. The van der Waals surface area contributed by atoms with Crippen LogP contribution >= 0.6 is 0 Å². The summed E-state index contributed by atoms with van der Waals surface area (Å²) in [6, 6.07) is 9.16. The first kappa shape index (κ1) is 18.4. The van der Waals surface area contributed by atoms with Crippen molar-refractivity contribution in [3.63, 3.8) is 0 Å². The van der Waals surface area contributed by atoms with Gasteiger partial charge in [0.2, 0.25) is 0 Å². The van der Waals surface area contributed by atoms with Gasteiger partial charge in [0.15, 0.2) is 5.69 Å². The van der Waals surface area contributed by atoms with Crippen molar-refractivity contribution in [2.24, 2.45) is 11.8 Å². The number of rotatable bonds is 6. The molecule has 1 atom stereocenters. The Bertz CT molecular complexity index is 1080. The van der Waals surface area contributed by atoms with E-state index in [2.05, 4.69) is 22.4 Å². The van der Waals surface area contributed by atoms with Crippen molar-refractivity contribution in [3.8, 4) is 0 Å². The zero-order chi connectivity index (χ0) is 19.8. The Hall–Kier alpha value is -2.96. The van der Waals surface area contributed by atoms with Crippen LogP contribution in [0, 0.1) is 11.8 Å². The van der Waals surface area contributed by atoms with Crippen LogP contribution in [0.1, 0.15) is 50.1 Å². The second kappa shape index (κ2) is 7.22. The summed E-state index contributed by atoms with van der Waals surface area (Å²) in [5.41, 5.74) is 0.0796. The molecule has 1 N–H and O–H groups in total. The number of aromatic nitrogens is 4. The summed E-state index contributed by atoms with van der Waals surface area (Å²) in [5, 5.41) is 12.8. The minimum atomic E-state index is -0.335. The summed E-state index contributed by atoms with van der Waals surface area (Å²) in [6.07, 6.45) is 4.08. The van der Waals surface area contributed by atoms with Crippen molar-refractivity contribution in [2.75, 3.05) is 5.32 Å². The number of hydrogen-bond donors (Lipinski definition) is 1. The molecule has 1 fully saturated rings. The van der Waals surface area contributed by atoms with E-state index < -0.39 is 0 Å². The summed E-state index contributed by atoms with van der Waals surface area (Å²) < 4.78 is 3.26. The molecule has 2 heterocycles. The molecule has 0 bridgehead atoms. The van der Waals surface area contributed by atoms with Crippen LogP contribution in [0.3, 0.4) is 0 Å². The van der Waals surface area contributed by atoms with Gasteiger partial charge in [0.05, 0.1) is 17.6 Å². The highest BCUT2D eigenvalue weighted by Crippen LogP contribution is 2.40. The molecule has 3 aromatic rings. The first-order valence-corrected chi connectivity index (χ1v) is 9.80. The Morgan fingerprint density at radius 3 is 2.57 bits per heavy atom. The maximum absolute atomic E-state index is 13.1. The number of anilines is 1. The monoisotopic (exact) mass is 379 g/mol. The van der Waals surface area contributed by atoms with Crippen LogP contribution in [0.4, 0.5) is 5.82 Å². The molecule has 0 spiro atoms. The van der Waals surface area contributed by atoms with Crippen molar-refractivity contribution in [1.82, 2.24) is 19.6 Å². The molecule has 1 unspecified atom stereocenters. The maximum Gasteiger partial charge on any atom is 0.277 e. The Morgan fingerprint density at radius 1 is 1.18 bits per heavy atom. The van der Waals surface area contributed by atoms with E-state index in [4.69, 9.17) is 0 Å². The van der Waals surface area contributed by atoms with E-state index >= 15 is 0 Å². The van der Waals surface area contributed by atoms with E-state index in [-0.39, 0.29) is 29.1 Å². The van der Waals surface area contributed by atoms with Crippen molar-refractivity contribution < 1.29 is 4.79 Å². The van der Waals surface area contributed by atoms with Gasteiger partial charge < -0.3 is 5.32 Å². The molecule has 0 saturated heterocycles. The smallest absolute Gasteiger partial charge is 0.277 e. The zero-order valence-electron chi connectivity index (χ0n) is 16.4. The van der Waals surface area contributed by atoms with E-state index in [9.17, 15) is 9.59 Å². The van der Waals surface area contributed by atoms with E-state index in [1.807, 2.05) is 24.6 Å². The molecule has 1 aliphatic carbocycles. The number of nitrogens with zero attached hydrogens (tertiary/aromatic N) is 4. The predicted octanol–water partition coefficient (Wildman–Crippen LogP) is 3.47. The van der Waals surface area contributed by atoms with Gasteiger partial charge in [-0.25, -0.2) is 9.36 Å². The van der Waals surface area contributed by atoms with Crippen molar-refractivity contribution in [3.05, 3.63) is 52.6 Å². The van der Waals surface area contributed by atoms with Gasteiger partial charge in [-0.05, 0) is 37.7 Å². The molecule has 2 aromatic heterocycles. The summed E-state index contributed by atoms with van der Waals surface area (Å²) in [6.45, 7) is 6.61. The quantitative estimate of drug-likeness (QED) is 0.711. The van der Waals surface area contributed by atoms with Gasteiger partial charge in [0.1, 0.15) is 5.82 Å². The highest BCUT2D eigenvalue weighted by molar-refractivity contribution is 6.10. The number of carbonyl (C=O) groups excluding carboxylic acids is 1. The lowest BCUT2D eigenvalue weighted by atomic mass is 10.1. The highest BCUT2D eigenvalue weighted by atomic mass is 16.2. The molecule has 7 nitrogen and oxygen atoms in total. The average molecular weight is 379 g/mol. The molecular weight excluding hydrogens is 354 g/mol. The third-order valence-corrected chi connectivity index (χ3v) is 5.22. The van der Waals surface area contributed by atoms with Gasteiger partial charge in [-0.2, -0.15) is 10.2 Å². The minimum Gasteiger partial charge on any atom is -0.305 e. The Morgan fingerprint density at radius 2 is 1.89 bits per heavy atom. The minimum absolute atomic E-state index is 0.173. The first-order valence-electron chi connectivity index (χ1n) is 9.80. The van der Waals surface area contributed by atoms with Crippen LogP contribution < -0.4 is 10.9 Å². The largest absolute Gasteiger partial charge is 0.305 e. The number of amides is 1. The summed E-state index contributed by atoms with van der Waals surface area (Å²) in [7, 11) is 0.